The summed E-state index contributed by atoms with van der Waals surface area (Å²) in [6.07, 6.45) is 1.55. The number of hydrogen-bond acceptors (Lipinski definition) is 3. The molecule has 1 saturated heterocycles. The van der Waals surface area contributed by atoms with Crippen molar-refractivity contribution in [1.29, 1.82) is 0 Å². The highest BCUT2D eigenvalue weighted by Gasteiger charge is 2.26. The van der Waals surface area contributed by atoms with E-state index < -0.39 is 0 Å². The molecule has 0 unspecified atom stereocenters. The summed E-state index contributed by atoms with van der Waals surface area (Å²) in [6, 6.07) is 7.45. The van der Waals surface area contributed by atoms with Crippen LogP contribution < -0.4 is 10.6 Å². The summed E-state index contributed by atoms with van der Waals surface area (Å²) in [5.74, 6) is 0.130. The van der Waals surface area contributed by atoms with E-state index in [0.29, 0.717) is 18.2 Å². The lowest BCUT2D eigenvalue weighted by Gasteiger charge is -2.27. The largest absolute Gasteiger partial charge is 0.389 e. The molecular weight excluding hydrogens is 260 g/mol. The van der Waals surface area contributed by atoms with E-state index in [1.54, 1.807) is 11.9 Å². The van der Waals surface area contributed by atoms with Crippen molar-refractivity contribution < 1.29 is 9.53 Å². The second kappa shape index (κ2) is 6.12. The molecule has 2 rings (SSSR count). The van der Waals surface area contributed by atoms with E-state index in [1.807, 2.05) is 24.3 Å². The van der Waals surface area contributed by atoms with Gasteiger partial charge in [0.2, 0.25) is 5.91 Å². The highest BCUT2D eigenvalue weighted by Crippen LogP contribution is 2.24. The van der Waals surface area contributed by atoms with Crippen LogP contribution in [0.25, 0.3) is 0 Å². The van der Waals surface area contributed by atoms with Crippen LogP contribution in [0.2, 0.25) is 0 Å². The van der Waals surface area contributed by atoms with Crippen molar-refractivity contribution in [2.75, 3.05) is 25.2 Å². The number of rotatable bonds is 3. The molecule has 0 spiro atoms. The second-order valence-electron chi connectivity index (χ2n) is 4.67. The molecule has 1 aromatic carbocycles. The molecule has 5 heteroatoms. The van der Waals surface area contributed by atoms with Gasteiger partial charge in [-0.15, -0.1) is 0 Å². The van der Waals surface area contributed by atoms with Crippen LogP contribution in [0.4, 0.5) is 5.69 Å². The zero-order valence-corrected chi connectivity index (χ0v) is 11.8. The number of hydrogen-bond donors (Lipinski definition) is 1. The van der Waals surface area contributed by atoms with Crippen molar-refractivity contribution in [1.82, 2.24) is 0 Å². The first-order chi connectivity index (χ1) is 9.11. The summed E-state index contributed by atoms with van der Waals surface area (Å²) in [5, 5.41) is 0. The molecule has 0 aromatic heterocycles. The van der Waals surface area contributed by atoms with Gasteiger partial charge in [0, 0.05) is 31.7 Å². The molecule has 1 aromatic rings. The zero-order valence-electron chi connectivity index (χ0n) is 11.0. The van der Waals surface area contributed by atoms with Crippen LogP contribution >= 0.6 is 12.2 Å². The molecule has 0 saturated carbocycles. The average molecular weight is 278 g/mol. The Morgan fingerprint density at radius 1 is 1.37 bits per heavy atom. The lowest BCUT2D eigenvalue weighted by Crippen LogP contribution is -2.36. The van der Waals surface area contributed by atoms with Crippen molar-refractivity contribution in [2.24, 2.45) is 11.7 Å². The number of amides is 1. The number of thiocarbonyl (C=S) groups is 1. The molecule has 4 nitrogen and oxygen atoms in total. The third kappa shape index (κ3) is 3.11. The van der Waals surface area contributed by atoms with E-state index in [9.17, 15) is 4.79 Å². The van der Waals surface area contributed by atoms with Crippen LogP contribution in [-0.4, -0.2) is 31.2 Å². The molecule has 0 aliphatic carbocycles. The van der Waals surface area contributed by atoms with E-state index in [-0.39, 0.29) is 11.8 Å². The van der Waals surface area contributed by atoms with Gasteiger partial charge in [0.1, 0.15) is 4.99 Å². The van der Waals surface area contributed by atoms with Crippen molar-refractivity contribution in [3.8, 4) is 0 Å². The predicted octanol–water partition coefficient (Wildman–Crippen LogP) is 1.71. The molecule has 1 fully saturated rings. The Balaban J connectivity index is 2.21. The summed E-state index contributed by atoms with van der Waals surface area (Å²) in [6.45, 7) is 1.31. The minimum Gasteiger partial charge on any atom is -0.389 e. The van der Waals surface area contributed by atoms with E-state index in [2.05, 4.69) is 0 Å². The summed E-state index contributed by atoms with van der Waals surface area (Å²) in [5.41, 5.74) is 7.21. The Labute approximate surface area is 118 Å². The molecule has 19 heavy (non-hydrogen) atoms. The van der Waals surface area contributed by atoms with Gasteiger partial charge < -0.3 is 15.4 Å². The quantitative estimate of drug-likeness (QED) is 0.855. The van der Waals surface area contributed by atoms with Gasteiger partial charge in [0.25, 0.3) is 0 Å². The number of benzene rings is 1. The fourth-order valence-corrected chi connectivity index (χ4v) is 2.48. The summed E-state index contributed by atoms with van der Waals surface area (Å²) < 4.78 is 5.29. The van der Waals surface area contributed by atoms with Gasteiger partial charge in [0.05, 0.1) is 5.69 Å². The Kier molecular flexibility index (Phi) is 4.50. The highest BCUT2D eigenvalue weighted by atomic mass is 32.1. The summed E-state index contributed by atoms with van der Waals surface area (Å²) in [7, 11) is 1.77. The molecule has 1 aliphatic rings. The number of anilines is 1. The topological polar surface area (TPSA) is 55.6 Å². The number of nitrogens with zero attached hydrogens (tertiary/aromatic N) is 1. The number of carbonyl (C=O) groups is 1. The number of carbonyl (C=O) groups excluding carboxylic acids is 1. The molecule has 102 valence electrons. The molecule has 0 atom stereocenters. The first-order valence-corrected chi connectivity index (χ1v) is 6.76. The van der Waals surface area contributed by atoms with Crippen LogP contribution in [-0.2, 0) is 9.53 Å². The maximum Gasteiger partial charge on any atom is 0.230 e. The van der Waals surface area contributed by atoms with Crippen LogP contribution in [0.5, 0.6) is 0 Å². The molecule has 1 amide bonds. The second-order valence-corrected chi connectivity index (χ2v) is 5.11. The van der Waals surface area contributed by atoms with Crippen molar-refractivity contribution in [2.45, 2.75) is 12.8 Å². The molecule has 2 N–H and O–H groups in total. The minimum atomic E-state index is 0.0261. The van der Waals surface area contributed by atoms with Gasteiger partial charge in [0.15, 0.2) is 0 Å². The van der Waals surface area contributed by atoms with Gasteiger partial charge >= 0.3 is 0 Å². The third-order valence-corrected chi connectivity index (χ3v) is 3.65. The predicted molar refractivity (Wildman–Crippen MR) is 79.3 cm³/mol. The average Bonchev–Trinajstić information content (AvgIpc) is 2.46. The lowest BCUT2D eigenvalue weighted by atomic mass is 9.98. The van der Waals surface area contributed by atoms with Crippen LogP contribution in [0.3, 0.4) is 0 Å². The fraction of sp³-hybridized carbons (Fsp3) is 0.429. The van der Waals surface area contributed by atoms with Crippen molar-refractivity contribution >= 4 is 28.8 Å². The highest BCUT2D eigenvalue weighted by molar-refractivity contribution is 7.80. The molecule has 1 heterocycles. The molecule has 1 aliphatic heterocycles. The number of para-hydroxylation sites is 1. The van der Waals surface area contributed by atoms with Gasteiger partial charge in [-0.1, -0.05) is 24.4 Å². The van der Waals surface area contributed by atoms with E-state index in [0.717, 1.165) is 24.1 Å². The normalized spacial score (nSPS) is 16.1. The standard InChI is InChI=1S/C14H18N2O2S/c1-16(14(17)10-6-8-18-9-7-10)12-5-3-2-4-11(12)13(15)19/h2-5,10H,6-9H2,1H3,(H2,15,19). The van der Waals surface area contributed by atoms with E-state index >= 15 is 0 Å². The zero-order chi connectivity index (χ0) is 13.8. The lowest BCUT2D eigenvalue weighted by molar-refractivity contribution is -0.124. The molecular formula is C14H18N2O2S. The van der Waals surface area contributed by atoms with Crippen LogP contribution in [0, 0.1) is 5.92 Å². The Morgan fingerprint density at radius 2 is 2.00 bits per heavy atom. The first kappa shape index (κ1) is 14.0. The van der Waals surface area contributed by atoms with Crippen LogP contribution in [0.15, 0.2) is 24.3 Å². The summed E-state index contributed by atoms with van der Waals surface area (Å²) in [4.78, 5) is 14.4. The third-order valence-electron chi connectivity index (χ3n) is 3.43. The minimum absolute atomic E-state index is 0.0261. The van der Waals surface area contributed by atoms with E-state index in [1.165, 1.54) is 0 Å². The van der Waals surface area contributed by atoms with Crippen molar-refractivity contribution in [3.63, 3.8) is 0 Å². The number of nitrogens with two attached hydrogens (primary N) is 1. The Morgan fingerprint density at radius 3 is 2.63 bits per heavy atom. The molecule has 0 bridgehead atoms. The Bertz CT molecular complexity index is 484. The smallest absolute Gasteiger partial charge is 0.230 e. The monoisotopic (exact) mass is 278 g/mol. The SMILES string of the molecule is CN(C(=O)C1CCOCC1)c1ccccc1C(N)=S. The maximum absolute atomic E-state index is 12.5. The maximum atomic E-state index is 12.5. The van der Waals surface area contributed by atoms with Gasteiger partial charge in [-0.2, -0.15) is 0 Å². The molecule has 0 radical (unpaired) electrons. The van der Waals surface area contributed by atoms with Crippen molar-refractivity contribution in [3.05, 3.63) is 29.8 Å². The van der Waals surface area contributed by atoms with Crippen LogP contribution in [0.1, 0.15) is 18.4 Å². The van der Waals surface area contributed by atoms with Gasteiger partial charge in [-0.05, 0) is 25.0 Å². The van der Waals surface area contributed by atoms with Gasteiger partial charge in [-0.25, -0.2) is 0 Å². The first-order valence-electron chi connectivity index (χ1n) is 6.35. The Hall–Kier alpha value is -1.46. The summed E-state index contributed by atoms with van der Waals surface area (Å²) >= 11 is 5.03. The number of ether oxygens (including phenoxy) is 1. The van der Waals surface area contributed by atoms with E-state index in [4.69, 9.17) is 22.7 Å². The fourth-order valence-electron chi connectivity index (χ4n) is 2.31. The van der Waals surface area contributed by atoms with Gasteiger partial charge in [-0.3, -0.25) is 4.79 Å².